The first kappa shape index (κ1) is 11.4. The van der Waals surface area contributed by atoms with E-state index in [1.807, 2.05) is 32.2 Å². The van der Waals surface area contributed by atoms with Crippen molar-refractivity contribution in [1.29, 1.82) is 0 Å². The maximum absolute atomic E-state index is 6.02. The lowest BCUT2D eigenvalue weighted by atomic mass is 9.96. The Morgan fingerprint density at radius 1 is 1.36 bits per heavy atom. The van der Waals surface area contributed by atoms with Gasteiger partial charge >= 0.3 is 0 Å². The first-order valence-corrected chi connectivity index (χ1v) is 5.73. The van der Waals surface area contributed by atoms with E-state index < -0.39 is 0 Å². The second kappa shape index (κ2) is 4.24. The predicted molar refractivity (Wildman–Crippen MR) is 62.0 cm³/mol. The highest BCUT2D eigenvalue weighted by Crippen LogP contribution is 2.31. The van der Waals surface area contributed by atoms with Crippen LogP contribution in [0.5, 0.6) is 5.75 Å². The zero-order valence-corrected chi connectivity index (χ0v) is 9.94. The highest BCUT2D eigenvalue weighted by molar-refractivity contribution is 7.98. The minimum Gasteiger partial charge on any atom is -0.496 e. The van der Waals surface area contributed by atoms with Crippen LogP contribution in [-0.4, -0.2) is 13.4 Å². The molecule has 2 N–H and O–H groups in total. The molecule has 14 heavy (non-hydrogen) atoms. The Morgan fingerprint density at radius 2 is 2.00 bits per heavy atom. The minimum absolute atomic E-state index is 0.295. The van der Waals surface area contributed by atoms with Crippen LogP contribution in [0.4, 0.5) is 0 Å². The number of hydrogen-bond acceptors (Lipinski definition) is 3. The van der Waals surface area contributed by atoms with Gasteiger partial charge in [0.05, 0.1) is 7.11 Å². The van der Waals surface area contributed by atoms with Gasteiger partial charge in [0, 0.05) is 10.4 Å². The van der Waals surface area contributed by atoms with Gasteiger partial charge in [-0.05, 0) is 37.8 Å². The number of methoxy groups -OCH3 is 1. The first-order valence-electron chi connectivity index (χ1n) is 4.50. The van der Waals surface area contributed by atoms with Gasteiger partial charge in [0.15, 0.2) is 0 Å². The van der Waals surface area contributed by atoms with E-state index in [0.29, 0.717) is 0 Å². The molecule has 0 fully saturated rings. The molecule has 78 valence electrons. The number of rotatable bonds is 3. The Labute approximate surface area is 89.8 Å². The third-order valence-electron chi connectivity index (χ3n) is 2.13. The number of thioether (sulfide) groups is 1. The maximum Gasteiger partial charge on any atom is 0.132 e. The molecule has 0 unspecified atom stereocenters. The van der Waals surface area contributed by atoms with Gasteiger partial charge in [0.2, 0.25) is 0 Å². The Kier molecular flexibility index (Phi) is 3.45. The molecule has 0 amide bonds. The Balaban J connectivity index is 3.14. The van der Waals surface area contributed by atoms with Crippen LogP contribution in [0.2, 0.25) is 0 Å². The quantitative estimate of drug-likeness (QED) is 0.781. The molecule has 0 aliphatic carbocycles. The lowest BCUT2D eigenvalue weighted by molar-refractivity contribution is 0.404. The molecule has 0 aromatic heterocycles. The molecule has 0 bridgehead atoms. The topological polar surface area (TPSA) is 35.2 Å². The van der Waals surface area contributed by atoms with E-state index in [0.717, 1.165) is 16.2 Å². The SMILES string of the molecule is COc1ccc(C(C)(C)N)cc1SC. The zero-order valence-electron chi connectivity index (χ0n) is 9.13. The van der Waals surface area contributed by atoms with Crippen LogP contribution in [0.15, 0.2) is 23.1 Å². The number of hydrogen-bond donors (Lipinski definition) is 1. The summed E-state index contributed by atoms with van der Waals surface area (Å²) >= 11 is 1.67. The molecular formula is C11H17NOS. The van der Waals surface area contributed by atoms with Crippen LogP contribution in [0, 0.1) is 0 Å². The summed E-state index contributed by atoms with van der Waals surface area (Å²) in [4.78, 5) is 1.13. The van der Waals surface area contributed by atoms with Gasteiger partial charge in [-0.15, -0.1) is 11.8 Å². The predicted octanol–water partition coefficient (Wildman–Crippen LogP) is 2.61. The normalized spacial score (nSPS) is 11.5. The Morgan fingerprint density at radius 3 is 2.43 bits per heavy atom. The third kappa shape index (κ3) is 2.42. The van der Waals surface area contributed by atoms with Crippen LogP contribution in [0.1, 0.15) is 19.4 Å². The summed E-state index contributed by atoms with van der Waals surface area (Å²) in [5.41, 5.74) is 6.85. The van der Waals surface area contributed by atoms with Crippen LogP contribution in [0.25, 0.3) is 0 Å². The molecule has 1 aromatic rings. The number of benzene rings is 1. The standard InChI is InChI=1S/C11H17NOS/c1-11(2,12)8-5-6-9(13-3)10(7-8)14-4/h5-7H,12H2,1-4H3. The molecule has 1 rings (SSSR count). The molecule has 0 aliphatic rings. The molecule has 2 nitrogen and oxygen atoms in total. The largest absolute Gasteiger partial charge is 0.496 e. The van der Waals surface area contributed by atoms with Crippen LogP contribution >= 0.6 is 11.8 Å². The molecule has 0 saturated heterocycles. The summed E-state index contributed by atoms with van der Waals surface area (Å²) in [6.07, 6.45) is 2.03. The summed E-state index contributed by atoms with van der Waals surface area (Å²) in [5, 5.41) is 0. The highest BCUT2D eigenvalue weighted by atomic mass is 32.2. The van der Waals surface area contributed by atoms with Gasteiger partial charge in [0.25, 0.3) is 0 Å². The van der Waals surface area contributed by atoms with Gasteiger partial charge in [-0.3, -0.25) is 0 Å². The summed E-state index contributed by atoms with van der Waals surface area (Å²) in [6, 6.07) is 6.07. The highest BCUT2D eigenvalue weighted by Gasteiger charge is 2.15. The summed E-state index contributed by atoms with van der Waals surface area (Å²) in [7, 11) is 1.68. The van der Waals surface area contributed by atoms with E-state index in [-0.39, 0.29) is 5.54 Å². The van der Waals surface area contributed by atoms with E-state index in [9.17, 15) is 0 Å². The van der Waals surface area contributed by atoms with Crippen molar-refractivity contribution in [1.82, 2.24) is 0 Å². The van der Waals surface area contributed by atoms with Gasteiger partial charge < -0.3 is 10.5 Å². The lowest BCUT2D eigenvalue weighted by Gasteiger charge is -2.20. The van der Waals surface area contributed by atoms with Crippen LogP contribution < -0.4 is 10.5 Å². The second-order valence-electron chi connectivity index (χ2n) is 3.79. The maximum atomic E-state index is 6.02. The van der Waals surface area contributed by atoms with Crippen molar-refractivity contribution in [2.24, 2.45) is 5.73 Å². The monoisotopic (exact) mass is 211 g/mol. The molecular weight excluding hydrogens is 194 g/mol. The average Bonchev–Trinajstić information content (AvgIpc) is 2.15. The van der Waals surface area contributed by atoms with E-state index in [1.165, 1.54) is 0 Å². The van der Waals surface area contributed by atoms with Gasteiger partial charge in [0.1, 0.15) is 5.75 Å². The molecule has 0 spiro atoms. The van der Waals surface area contributed by atoms with Crippen molar-refractivity contribution in [2.45, 2.75) is 24.3 Å². The molecule has 3 heteroatoms. The van der Waals surface area contributed by atoms with E-state index in [4.69, 9.17) is 10.5 Å². The summed E-state index contributed by atoms with van der Waals surface area (Å²) in [5.74, 6) is 0.908. The van der Waals surface area contributed by atoms with Crippen molar-refractivity contribution in [3.8, 4) is 5.75 Å². The number of ether oxygens (including phenoxy) is 1. The summed E-state index contributed by atoms with van der Waals surface area (Å²) < 4.78 is 5.24. The fourth-order valence-electron chi connectivity index (χ4n) is 1.24. The molecule has 0 saturated carbocycles. The lowest BCUT2D eigenvalue weighted by Crippen LogP contribution is -2.28. The molecule has 0 heterocycles. The van der Waals surface area contributed by atoms with Crippen molar-refractivity contribution in [3.05, 3.63) is 23.8 Å². The fraction of sp³-hybridized carbons (Fsp3) is 0.455. The van der Waals surface area contributed by atoms with Crippen molar-refractivity contribution in [2.75, 3.05) is 13.4 Å². The zero-order chi connectivity index (χ0) is 10.8. The molecule has 0 radical (unpaired) electrons. The average molecular weight is 211 g/mol. The van der Waals surface area contributed by atoms with Gasteiger partial charge in [-0.25, -0.2) is 0 Å². The fourth-order valence-corrected chi connectivity index (χ4v) is 1.83. The van der Waals surface area contributed by atoms with Crippen molar-refractivity contribution < 1.29 is 4.74 Å². The summed E-state index contributed by atoms with van der Waals surface area (Å²) in [6.45, 7) is 4.00. The second-order valence-corrected chi connectivity index (χ2v) is 4.64. The van der Waals surface area contributed by atoms with Gasteiger partial charge in [-0.1, -0.05) is 6.07 Å². The molecule has 0 aliphatic heterocycles. The molecule has 0 atom stereocenters. The first-order chi connectivity index (χ1) is 6.49. The third-order valence-corrected chi connectivity index (χ3v) is 2.89. The Bertz CT molecular complexity index is 318. The minimum atomic E-state index is -0.295. The Hall–Kier alpha value is -0.670. The van der Waals surface area contributed by atoms with E-state index in [1.54, 1.807) is 18.9 Å². The van der Waals surface area contributed by atoms with Crippen molar-refractivity contribution in [3.63, 3.8) is 0 Å². The van der Waals surface area contributed by atoms with Gasteiger partial charge in [-0.2, -0.15) is 0 Å². The molecule has 1 aromatic carbocycles. The smallest absolute Gasteiger partial charge is 0.132 e. The van der Waals surface area contributed by atoms with E-state index >= 15 is 0 Å². The van der Waals surface area contributed by atoms with E-state index in [2.05, 4.69) is 6.07 Å². The van der Waals surface area contributed by atoms with Crippen LogP contribution in [0.3, 0.4) is 0 Å². The van der Waals surface area contributed by atoms with Crippen molar-refractivity contribution >= 4 is 11.8 Å². The van der Waals surface area contributed by atoms with Crippen LogP contribution in [-0.2, 0) is 5.54 Å². The number of nitrogens with two attached hydrogens (primary N) is 1.